The largest absolute Gasteiger partial charge is 0.356 e. The maximum absolute atomic E-state index is 12.2. The molecule has 0 saturated carbocycles. The smallest absolute Gasteiger partial charge is 0.219 e. The zero-order valence-electron chi connectivity index (χ0n) is 43.0. The Morgan fingerprint density at radius 1 is 0.210 bits per heavy atom. The molecule has 0 aliphatic carbocycles. The summed E-state index contributed by atoms with van der Waals surface area (Å²) in [6, 6.07) is 0. The lowest BCUT2D eigenvalue weighted by Crippen LogP contribution is -2.24. The third-order valence-corrected chi connectivity index (χ3v) is 13.8. The van der Waals surface area contributed by atoms with Crippen molar-refractivity contribution in [2.45, 2.75) is 348 Å². The summed E-state index contributed by atoms with van der Waals surface area (Å²) in [6.45, 7) is 6.19. The fraction of sp³-hybridized carbons (Fsp3) is 0.966. The van der Waals surface area contributed by atoms with Gasteiger partial charge in [-0.2, -0.15) is 0 Å². The van der Waals surface area contributed by atoms with Gasteiger partial charge in [0.1, 0.15) is 0 Å². The van der Waals surface area contributed by atoms with Crippen LogP contribution in [0.4, 0.5) is 0 Å². The summed E-state index contributed by atoms with van der Waals surface area (Å²) < 4.78 is 0. The van der Waals surface area contributed by atoms with Crippen LogP contribution in [-0.4, -0.2) is 24.9 Å². The van der Waals surface area contributed by atoms with Crippen molar-refractivity contribution in [1.82, 2.24) is 10.6 Å². The van der Waals surface area contributed by atoms with E-state index in [1.165, 1.54) is 283 Å². The number of rotatable bonds is 55. The third kappa shape index (κ3) is 55.1. The Hall–Kier alpha value is -1.06. The predicted octanol–water partition coefficient (Wildman–Crippen LogP) is 19.5. The molecule has 4 nitrogen and oxygen atoms in total. The van der Waals surface area contributed by atoms with Gasteiger partial charge in [0.25, 0.3) is 0 Å². The highest BCUT2D eigenvalue weighted by Crippen LogP contribution is 2.18. The van der Waals surface area contributed by atoms with Crippen molar-refractivity contribution in [3.63, 3.8) is 0 Å². The van der Waals surface area contributed by atoms with Gasteiger partial charge < -0.3 is 10.6 Å². The Morgan fingerprint density at radius 2 is 0.355 bits per heavy atom. The van der Waals surface area contributed by atoms with E-state index in [1.54, 1.807) is 0 Å². The molecule has 0 heterocycles. The second kappa shape index (κ2) is 56.1. The molecular formula is C58H116N2O2. The molecule has 0 fully saturated rings. The summed E-state index contributed by atoms with van der Waals surface area (Å²) in [5.74, 6) is 0.456. The molecule has 0 aliphatic rings. The van der Waals surface area contributed by atoms with Crippen molar-refractivity contribution >= 4 is 11.8 Å². The maximum atomic E-state index is 12.2. The van der Waals surface area contributed by atoms with Crippen LogP contribution in [0.25, 0.3) is 0 Å². The lowest BCUT2D eigenvalue weighted by molar-refractivity contribution is -0.122. The first-order valence-electron chi connectivity index (χ1n) is 29.2. The first-order chi connectivity index (χ1) is 30.7. The van der Waals surface area contributed by atoms with Crippen LogP contribution in [0.2, 0.25) is 0 Å². The van der Waals surface area contributed by atoms with Gasteiger partial charge in [0.05, 0.1) is 0 Å². The minimum atomic E-state index is 0.228. The van der Waals surface area contributed by atoms with Gasteiger partial charge in [0, 0.05) is 25.9 Å². The van der Waals surface area contributed by atoms with Crippen LogP contribution in [-0.2, 0) is 9.59 Å². The number of carbonyl (C=O) groups excluding carboxylic acids is 2. The summed E-state index contributed by atoms with van der Waals surface area (Å²) >= 11 is 0. The van der Waals surface area contributed by atoms with E-state index >= 15 is 0 Å². The molecule has 0 spiro atoms. The first kappa shape index (κ1) is 60.9. The normalized spacial score (nSPS) is 11.5. The number of hydrogen-bond acceptors (Lipinski definition) is 2. The van der Waals surface area contributed by atoms with Crippen molar-refractivity contribution in [3.05, 3.63) is 0 Å². The highest BCUT2D eigenvalue weighted by atomic mass is 16.2. The molecule has 4 heteroatoms. The van der Waals surface area contributed by atoms with Crippen LogP contribution >= 0.6 is 0 Å². The van der Waals surface area contributed by atoms with Crippen LogP contribution in [0.15, 0.2) is 0 Å². The molecule has 0 atom stereocenters. The molecule has 0 saturated heterocycles. The maximum Gasteiger partial charge on any atom is 0.219 e. The lowest BCUT2D eigenvalue weighted by Gasteiger charge is -2.07. The lowest BCUT2D eigenvalue weighted by atomic mass is 10.0. The van der Waals surface area contributed by atoms with E-state index in [2.05, 4.69) is 24.5 Å². The van der Waals surface area contributed by atoms with Crippen LogP contribution in [0.1, 0.15) is 348 Å². The van der Waals surface area contributed by atoms with E-state index in [0.717, 1.165) is 51.6 Å². The van der Waals surface area contributed by atoms with Crippen LogP contribution < -0.4 is 10.6 Å². The Morgan fingerprint density at radius 3 is 0.532 bits per heavy atom. The zero-order valence-corrected chi connectivity index (χ0v) is 43.0. The number of nitrogens with one attached hydrogen (secondary N) is 2. The average molecular weight is 874 g/mol. The Bertz CT molecular complexity index is 777. The molecule has 62 heavy (non-hydrogen) atoms. The van der Waals surface area contributed by atoms with Crippen molar-refractivity contribution in [3.8, 4) is 0 Å². The molecule has 0 aromatic carbocycles. The highest BCUT2D eigenvalue weighted by Gasteiger charge is 2.03. The van der Waals surface area contributed by atoms with Gasteiger partial charge in [-0.05, 0) is 25.7 Å². The van der Waals surface area contributed by atoms with Crippen molar-refractivity contribution in [2.24, 2.45) is 0 Å². The van der Waals surface area contributed by atoms with E-state index < -0.39 is 0 Å². The Kier molecular flexibility index (Phi) is 55.1. The molecule has 0 radical (unpaired) electrons. The number of amides is 2. The van der Waals surface area contributed by atoms with Gasteiger partial charge in [-0.15, -0.1) is 0 Å². The molecule has 2 amide bonds. The van der Waals surface area contributed by atoms with Gasteiger partial charge in [0.2, 0.25) is 11.8 Å². The standard InChI is InChI=1S/C58H116N2O2/c1-3-5-7-9-11-13-15-17-19-21-23-25-27-29-31-33-35-37-39-41-43-45-49-53-57(61)59-55-51-47-48-52-56-60-58(62)54-50-46-44-42-40-38-36-34-32-30-28-26-24-22-20-18-16-14-12-10-8-6-4-2/h3-56H2,1-2H3,(H,59,61)(H,60,62). The topological polar surface area (TPSA) is 58.2 Å². The molecule has 2 N–H and O–H groups in total. The van der Waals surface area contributed by atoms with Crippen molar-refractivity contribution in [1.29, 1.82) is 0 Å². The van der Waals surface area contributed by atoms with Crippen LogP contribution in [0.5, 0.6) is 0 Å². The van der Waals surface area contributed by atoms with E-state index in [4.69, 9.17) is 0 Å². The molecule has 0 aromatic rings. The molecule has 0 bridgehead atoms. The third-order valence-electron chi connectivity index (χ3n) is 13.8. The fourth-order valence-corrected chi connectivity index (χ4v) is 9.38. The van der Waals surface area contributed by atoms with Crippen LogP contribution in [0, 0.1) is 0 Å². The number of unbranched alkanes of at least 4 members (excludes halogenated alkanes) is 47. The SMILES string of the molecule is CCCCCCCCCCCCCCCCCCCCCCCCCC(=O)NCCCCCCNC(=O)CCCCCCCCCCCCCCCCCCCCCCCCC. The van der Waals surface area contributed by atoms with Crippen molar-refractivity contribution < 1.29 is 9.59 Å². The summed E-state index contributed by atoms with van der Waals surface area (Å²) in [5.41, 5.74) is 0. The molecule has 0 aliphatic heterocycles. The molecular weight excluding hydrogens is 757 g/mol. The molecule has 370 valence electrons. The summed E-state index contributed by atoms with van der Waals surface area (Å²) in [7, 11) is 0. The van der Waals surface area contributed by atoms with Gasteiger partial charge >= 0.3 is 0 Å². The summed E-state index contributed by atoms with van der Waals surface area (Å²) in [6.07, 6.45) is 70.0. The zero-order chi connectivity index (χ0) is 44.8. The predicted molar refractivity (Wildman–Crippen MR) is 277 cm³/mol. The van der Waals surface area contributed by atoms with Crippen LogP contribution in [0.3, 0.4) is 0 Å². The second-order valence-electron chi connectivity index (χ2n) is 20.2. The summed E-state index contributed by atoms with van der Waals surface area (Å²) in [5, 5.41) is 6.24. The van der Waals surface area contributed by atoms with Crippen molar-refractivity contribution in [2.75, 3.05) is 13.1 Å². The van der Waals surface area contributed by atoms with Gasteiger partial charge in [-0.1, -0.05) is 309 Å². The van der Waals surface area contributed by atoms with E-state index in [1.807, 2.05) is 0 Å². The molecule has 0 aromatic heterocycles. The Labute approximate surface area is 391 Å². The fourth-order valence-electron chi connectivity index (χ4n) is 9.38. The monoisotopic (exact) mass is 873 g/mol. The summed E-state index contributed by atoms with van der Waals surface area (Å²) in [4.78, 5) is 24.4. The number of carbonyl (C=O) groups is 2. The average Bonchev–Trinajstić information content (AvgIpc) is 3.27. The minimum Gasteiger partial charge on any atom is -0.356 e. The van der Waals surface area contributed by atoms with E-state index in [0.29, 0.717) is 12.8 Å². The second-order valence-corrected chi connectivity index (χ2v) is 20.2. The van der Waals surface area contributed by atoms with Gasteiger partial charge in [0.15, 0.2) is 0 Å². The quantitative estimate of drug-likeness (QED) is 0.0598. The molecule has 0 rings (SSSR count). The number of hydrogen-bond donors (Lipinski definition) is 2. The Balaban J connectivity index is 3.22. The van der Waals surface area contributed by atoms with Gasteiger partial charge in [-0.25, -0.2) is 0 Å². The minimum absolute atomic E-state index is 0.228. The highest BCUT2D eigenvalue weighted by molar-refractivity contribution is 5.76. The van der Waals surface area contributed by atoms with Gasteiger partial charge in [-0.3, -0.25) is 9.59 Å². The van der Waals surface area contributed by atoms with E-state index in [9.17, 15) is 9.59 Å². The molecule has 0 unspecified atom stereocenters. The first-order valence-corrected chi connectivity index (χ1v) is 29.2. The van der Waals surface area contributed by atoms with E-state index in [-0.39, 0.29) is 11.8 Å².